The van der Waals surface area contributed by atoms with Crippen LogP contribution in [-0.4, -0.2) is 47.0 Å². The topological polar surface area (TPSA) is 58.8 Å². The van der Waals surface area contributed by atoms with Crippen molar-refractivity contribution in [2.75, 3.05) is 26.2 Å². The molecule has 1 saturated heterocycles. The highest BCUT2D eigenvalue weighted by Gasteiger charge is 2.28. The second-order valence-corrected chi connectivity index (χ2v) is 8.38. The minimum atomic E-state index is -0.849. The monoisotopic (exact) mass is 455 g/mol. The van der Waals surface area contributed by atoms with E-state index in [-0.39, 0.29) is 18.2 Å². The van der Waals surface area contributed by atoms with E-state index in [2.05, 4.69) is 5.16 Å². The van der Waals surface area contributed by atoms with Crippen molar-refractivity contribution >= 4 is 5.91 Å². The Morgan fingerprint density at radius 3 is 2.55 bits per heavy atom. The zero-order chi connectivity index (χ0) is 23.5. The Labute approximate surface area is 191 Å². The molecule has 0 saturated carbocycles. The number of carbonyl (C=O) groups excluding carboxylic acids is 1. The van der Waals surface area contributed by atoms with Crippen LogP contribution in [-0.2, 0) is 13.2 Å². The summed E-state index contributed by atoms with van der Waals surface area (Å²) in [4.78, 5) is 16.8. The fourth-order valence-electron chi connectivity index (χ4n) is 3.86. The van der Waals surface area contributed by atoms with Crippen LogP contribution in [0.5, 0.6) is 5.75 Å². The minimum Gasteiger partial charge on any atom is -0.489 e. The predicted octanol–water partition coefficient (Wildman–Crippen LogP) is 4.42. The largest absolute Gasteiger partial charge is 0.489 e. The van der Waals surface area contributed by atoms with Gasteiger partial charge < -0.3 is 14.2 Å². The fraction of sp³-hybridized carbons (Fsp3) is 0.360. The highest BCUT2D eigenvalue weighted by molar-refractivity contribution is 5.93. The fourth-order valence-corrected chi connectivity index (χ4v) is 3.86. The van der Waals surface area contributed by atoms with Crippen LogP contribution in [0.15, 0.2) is 40.9 Å². The molecule has 0 bridgehead atoms. The first-order valence-electron chi connectivity index (χ1n) is 10.9. The van der Waals surface area contributed by atoms with Gasteiger partial charge in [0.1, 0.15) is 18.1 Å². The Morgan fingerprint density at radius 2 is 1.82 bits per heavy atom. The number of aromatic nitrogens is 1. The van der Waals surface area contributed by atoms with E-state index < -0.39 is 11.6 Å². The van der Waals surface area contributed by atoms with Gasteiger partial charge in [-0.15, -0.1) is 0 Å². The second-order valence-electron chi connectivity index (χ2n) is 8.38. The summed E-state index contributed by atoms with van der Waals surface area (Å²) in [6, 6.07) is 10.0. The van der Waals surface area contributed by atoms with Gasteiger partial charge in [-0.05, 0) is 50.1 Å². The van der Waals surface area contributed by atoms with Gasteiger partial charge in [-0.1, -0.05) is 23.4 Å². The van der Waals surface area contributed by atoms with Crippen molar-refractivity contribution in [3.63, 3.8) is 0 Å². The van der Waals surface area contributed by atoms with Gasteiger partial charge in [-0.25, -0.2) is 8.78 Å². The van der Waals surface area contributed by atoms with Crippen molar-refractivity contribution in [3.8, 4) is 5.75 Å². The zero-order valence-corrected chi connectivity index (χ0v) is 19.0. The smallest absolute Gasteiger partial charge is 0.276 e. The molecule has 4 rings (SSSR count). The molecule has 1 aliphatic rings. The molecule has 3 aromatic rings. The molecule has 1 aliphatic heterocycles. The number of carbonyl (C=O) groups is 1. The summed E-state index contributed by atoms with van der Waals surface area (Å²) in [5.74, 6) is -0.624. The molecule has 0 N–H and O–H groups in total. The van der Waals surface area contributed by atoms with Crippen LogP contribution in [0.25, 0.3) is 0 Å². The van der Waals surface area contributed by atoms with E-state index in [1.165, 1.54) is 11.6 Å². The molecule has 174 valence electrons. The van der Waals surface area contributed by atoms with Crippen molar-refractivity contribution in [2.24, 2.45) is 0 Å². The molecule has 0 atom stereocenters. The quantitative estimate of drug-likeness (QED) is 0.551. The van der Waals surface area contributed by atoms with Crippen LogP contribution in [0.3, 0.4) is 0 Å². The maximum atomic E-state index is 14.0. The highest BCUT2D eigenvalue weighted by atomic mass is 19.2. The number of hydrogen-bond donors (Lipinski definition) is 0. The number of nitrogens with zero attached hydrogens (tertiary/aromatic N) is 3. The van der Waals surface area contributed by atoms with Crippen LogP contribution in [0.2, 0.25) is 0 Å². The van der Waals surface area contributed by atoms with Crippen molar-refractivity contribution < 1.29 is 22.8 Å². The van der Waals surface area contributed by atoms with E-state index in [1.807, 2.05) is 36.9 Å². The van der Waals surface area contributed by atoms with Crippen LogP contribution in [0.1, 0.15) is 38.5 Å². The molecule has 0 unspecified atom stereocenters. The molecule has 1 aromatic heterocycles. The van der Waals surface area contributed by atoms with Gasteiger partial charge in [-0.3, -0.25) is 9.69 Å². The molecule has 2 heterocycles. The van der Waals surface area contributed by atoms with Crippen LogP contribution in [0, 0.1) is 32.4 Å². The number of rotatable bonds is 6. The summed E-state index contributed by atoms with van der Waals surface area (Å²) >= 11 is 0. The molecule has 8 heteroatoms. The summed E-state index contributed by atoms with van der Waals surface area (Å²) in [5.41, 5.74) is 3.50. The van der Waals surface area contributed by atoms with Crippen molar-refractivity contribution in [1.82, 2.24) is 15.0 Å². The summed E-state index contributed by atoms with van der Waals surface area (Å²) in [5, 5.41) is 3.99. The van der Waals surface area contributed by atoms with Gasteiger partial charge in [0.15, 0.2) is 17.3 Å². The molecule has 2 aromatic carbocycles. The summed E-state index contributed by atoms with van der Waals surface area (Å²) in [7, 11) is 0. The number of benzene rings is 2. The zero-order valence-electron chi connectivity index (χ0n) is 19.0. The van der Waals surface area contributed by atoms with Crippen molar-refractivity contribution in [2.45, 2.75) is 33.9 Å². The van der Waals surface area contributed by atoms with Gasteiger partial charge in [0.25, 0.3) is 5.91 Å². The van der Waals surface area contributed by atoms with Gasteiger partial charge >= 0.3 is 0 Å². The average Bonchev–Trinajstić information content (AvgIpc) is 3.18. The second kappa shape index (κ2) is 9.70. The van der Waals surface area contributed by atoms with Gasteiger partial charge in [0.05, 0.1) is 5.56 Å². The number of aryl methyl sites for hydroxylation is 3. The molecular weight excluding hydrogens is 428 g/mol. The van der Waals surface area contributed by atoms with Crippen LogP contribution >= 0.6 is 0 Å². The standard InChI is InChI=1S/C25H27F2N3O3/c1-16-7-8-20(13-17(16)2)32-15-21-18(3)33-28-24(21)25(31)30-11-9-29(10-12-30)14-19-5-4-6-22(26)23(19)27/h4-8,13H,9-12,14-15H2,1-3H3. The van der Waals surface area contributed by atoms with Crippen LogP contribution < -0.4 is 4.74 Å². The maximum absolute atomic E-state index is 14.0. The lowest BCUT2D eigenvalue weighted by Gasteiger charge is -2.34. The number of halogens is 2. The van der Waals surface area contributed by atoms with E-state index in [9.17, 15) is 13.6 Å². The van der Waals surface area contributed by atoms with E-state index in [1.54, 1.807) is 17.9 Å². The highest BCUT2D eigenvalue weighted by Crippen LogP contribution is 2.22. The Morgan fingerprint density at radius 1 is 1.06 bits per heavy atom. The maximum Gasteiger partial charge on any atom is 0.276 e. The van der Waals surface area contributed by atoms with Crippen LogP contribution in [0.4, 0.5) is 8.78 Å². The number of ether oxygens (including phenoxy) is 1. The predicted molar refractivity (Wildman–Crippen MR) is 119 cm³/mol. The molecular formula is C25H27F2N3O3. The number of hydrogen-bond acceptors (Lipinski definition) is 5. The lowest BCUT2D eigenvalue weighted by molar-refractivity contribution is 0.0614. The Bertz CT molecular complexity index is 1150. The number of amides is 1. The minimum absolute atomic E-state index is 0.178. The van der Waals surface area contributed by atoms with Gasteiger partial charge in [0, 0.05) is 38.3 Å². The molecule has 1 amide bonds. The van der Waals surface area contributed by atoms with E-state index in [0.717, 1.165) is 17.4 Å². The Balaban J connectivity index is 1.38. The first kappa shape index (κ1) is 22.9. The third-order valence-electron chi connectivity index (χ3n) is 6.13. The van der Waals surface area contributed by atoms with Crippen molar-refractivity contribution in [1.29, 1.82) is 0 Å². The van der Waals surface area contributed by atoms with Crippen molar-refractivity contribution in [3.05, 3.63) is 81.7 Å². The Kier molecular flexibility index (Phi) is 6.74. The average molecular weight is 456 g/mol. The SMILES string of the molecule is Cc1ccc(OCc2c(C(=O)N3CCN(Cc4cccc(F)c4F)CC3)noc2C)cc1C. The summed E-state index contributed by atoms with van der Waals surface area (Å²) in [6.07, 6.45) is 0. The first-order valence-corrected chi connectivity index (χ1v) is 10.9. The lowest BCUT2D eigenvalue weighted by atomic mass is 10.1. The van der Waals surface area contributed by atoms with Gasteiger partial charge in [-0.2, -0.15) is 0 Å². The molecule has 0 aliphatic carbocycles. The first-order chi connectivity index (χ1) is 15.8. The normalized spacial score (nSPS) is 14.5. The lowest BCUT2D eigenvalue weighted by Crippen LogP contribution is -2.48. The Hall–Kier alpha value is -3.26. The third kappa shape index (κ3) is 5.06. The van der Waals surface area contributed by atoms with E-state index in [4.69, 9.17) is 9.26 Å². The molecule has 33 heavy (non-hydrogen) atoms. The molecule has 6 nitrogen and oxygen atoms in total. The molecule has 0 radical (unpaired) electrons. The van der Waals surface area contributed by atoms with E-state index >= 15 is 0 Å². The molecule has 0 spiro atoms. The summed E-state index contributed by atoms with van der Waals surface area (Å²) in [6.45, 7) is 8.30. The summed E-state index contributed by atoms with van der Waals surface area (Å²) < 4.78 is 38.6. The van der Waals surface area contributed by atoms with E-state index in [0.29, 0.717) is 49.6 Å². The molecule has 1 fully saturated rings. The third-order valence-corrected chi connectivity index (χ3v) is 6.13. The number of piperazine rings is 1. The van der Waals surface area contributed by atoms with Gasteiger partial charge in [0.2, 0.25) is 0 Å².